The monoisotopic (exact) mass is 376 g/mol. The highest BCUT2D eigenvalue weighted by molar-refractivity contribution is 5.46. The van der Waals surface area contributed by atoms with Gasteiger partial charge >= 0.3 is 0 Å². The Morgan fingerprint density at radius 2 is 1.81 bits per heavy atom. The Balaban J connectivity index is 1.70. The number of aromatic nitrogens is 4. The topological polar surface area (TPSA) is 59.3 Å². The van der Waals surface area contributed by atoms with Crippen LogP contribution in [0.4, 0.5) is 10.1 Å². The summed E-state index contributed by atoms with van der Waals surface area (Å²) in [7, 11) is 1.68. The second-order valence-corrected chi connectivity index (χ2v) is 7.40. The molecule has 1 aliphatic rings. The van der Waals surface area contributed by atoms with Crippen LogP contribution in [0.25, 0.3) is 0 Å². The fourth-order valence-corrected chi connectivity index (χ4v) is 3.60. The highest BCUT2D eigenvalue weighted by atomic mass is 19.1. The van der Waals surface area contributed by atoms with Crippen molar-refractivity contribution in [3.63, 3.8) is 0 Å². The maximum Gasteiger partial charge on any atom is 0.168 e. The molecule has 2 aromatic rings. The summed E-state index contributed by atoms with van der Waals surface area (Å²) in [6.07, 6.45) is 1.00. The van der Waals surface area contributed by atoms with Crippen molar-refractivity contribution in [2.75, 3.05) is 44.8 Å². The Morgan fingerprint density at radius 3 is 2.44 bits per heavy atom. The van der Waals surface area contributed by atoms with Crippen LogP contribution in [0.2, 0.25) is 0 Å². The maximum absolute atomic E-state index is 13.2. The lowest BCUT2D eigenvalue weighted by Gasteiger charge is -2.40. The molecule has 1 atom stereocenters. The quantitative estimate of drug-likeness (QED) is 0.705. The van der Waals surface area contributed by atoms with Crippen LogP contribution in [0.15, 0.2) is 24.3 Å². The lowest BCUT2D eigenvalue weighted by molar-refractivity contribution is 0.145. The fraction of sp³-hybridized carbons (Fsp3) is 0.632. The Kier molecular flexibility index (Phi) is 6.73. The van der Waals surface area contributed by atoms with E-state index in [0.29, 0.717) is 19.1 Å². The summed E-state index contributed by atoms with van der Waals surface area (Å²) < 4.78 is 20.2. The molecule has 1 aromatic carbocycles. The van der Waals surface area contributed by atoms with Gasteiger partial charge in [-0.3, -0.25) is 4.90 Å². The summed E-state index contributed by atoms with van der Waals surface area (Å²) in [6.45, 7) is 9.35. The second-order valence-electron chi connectivity index (χ2n) is 7.40. The number of anilines is 1. The van der Waals surface area contributed by atoms with E-state index < -0.39 is 0 Å². The van der Waals surface area contributed by atoms with Gasteiger partial charge in [0.25, 0.3) is 0 Å². The van der Waals surface area contributed by atoms with Crippen molar-refractivity contribution >= 4 is 5.69 Å². The maximum atomic E-state index is 13.2. The van der Waals surface area contributed by atoms with Crippen LogP contribution in [0.5, 0.6) is 0 Å². The van der Waals surface area contributed by atoms with E-state index in [1.165, 1.54) is 12.1 Å². The number of piperazine rings is 1. The van der Waals surface area contributed by atoms with E-state index in [4.69, 9.17) is 4.74 Å². The standard InChI is InChI=1S/C19H29FN6O/c1-15(2)14-18(19-21-22-23-26(19)12-13-27-3)25-10-8-24(9-11-25)17-6-4-16(20)5-7-17/h4-7,15,18H,8-14H2,1-3H3. The molecule has 0 radical (unpaired) electrons. The van der Waals surface area contributed by atoms with Crippen LogP contribution in [0.3, 0.4) is 0 Å². The van der Waals surface area contributed by atoms with Gasteiger partial charge in [0.2, 0.25) is 0 Å². The predicted molar refractivity (Wildman–Crippen MR) is 102 cm³/mol. The molecule has 0 spiro atoms. The average Bonchev–Trinajstić information content (AvgIpc) is 3.13. The van der Waals surface area contributed by atoms with E-state index >= 15 is 0 Å². The van der Waals surface area contributed by atoms with Crippen LogP contribution >= 0.6 is 0 Å². The first-order chi connectivity index (χ1) is 13.1. The van der Waals surface area contributed by atoms with E-state index in [2.05, 4.69) is 39.2 Å². The predicted octanol–water partition coefficient (Wildman–Crippen LogP) is 2.37. The number of ether oxygens (including phenoxy) is 1. The molecule has 2 heterocycles. The van der Waals surface area contributed by atoms with Gasteiger partial charge < -0.3 is 9.64 Å². The van der Waals surface area contributed by atoms with Gasteiger partial charge in [0.05, 0.1) is 19.2 Å². The van der Waals surface area contributed by atoms with Crippen molar-refractivity contribution in [3.05, 3.63) is 35.9 Å². The zero-order chi connectivity index (χ0) is 19.2. The van der Waals surface area contributed by atoms with Crippen LogP contribution in [0.1, 0.15) is 32.1 Å². The SMILES string of the molecule is COCCn1nnnc1C(CC(C)C)N1CCN(c2ccc(F)cc2)CC1. The van der Waals surface area contributed by atoms with Gasteiger partial charge in [-0.15, -0.1) is 5.10 Å². The number of nitrogens with zero attached hydrogens (tertiary/aromatic N) is 6. The second kappa shape index (κ2) is 9.23. The van der Waals surface area contributed by atoms with Gasteiger partial charge in [0.15, 0.2) is 5.82 Å². The van der Waals surface area contributed by atoms with Crippen LogP contribution in [-0.2, 0) is 11.3 Å². The lowest BCUT2D eigenvalue weighted by atomic mass is 10.0. The molecule has 0 bridgehead atoms. The molecule has 8 heteroatoms. The van der Waals surface area contributed by atoms with Crippen LogP contribution < -0.4 is 4.90 Å². The molecule has 0 aliphatic carbocycles. The highest BCUT2D eigenvalue weighted by Crippen LogP contribution is 2.28. The third kappa shape index (κ3) is 5.01. The Labute approximate surface area is 160 Å². The number of rotatable bonds is 8. The number of benzene rings is 1. The van der Waals surface area contributed by atoms with Crippen molar-refractivity contribution in [3.8, 4) is 0 Å². The van der Waals surface area contributed by atoms with E-state index in [0.717, 1.165) is 44.1 Å². The first-order valence-electron chi connectivity index (χ1n) is 9.58. The van der Waals surface area contributed by atoms with Gasteiger partial charge in [-0.1, -0.05) is 13.8 Å². The number of hydrogen-bond donors (Lipinski definition) is 0. The van der Waals surface area contributed by atoms with E-state index in [-0.39, 0.29) is 11.9 Å². The van der Waals surface area contributed by atoms with Crippen molar-refractivity contribution in [1.82, 2.24) is 25.1 Å². The first kappa shape index (κ1) is 19.7. The number of tetrazole rings is 1. The molecule has 148 valence electrons. The van der Waals surface area contributed by atoms with Crippen molar-refractivity contribution in [2.45, 2.75) is 32.9 Å². The molecule has 0 N–H and O–H groups in total. The zero-order valence-electron chi connectivity index (χ0n) is 16.4. The molecular weight excluding hydrogens is 347 g/mol. The molecule has 0 saturated carbocycles. The van der Waals surface area contributed by atoms with Crippen LogP contribution in [0, 0.1) is 11.7 Å². The van der Waals surface area contributed by atoms with Gasteiger partial charge in [0, 0.05) is 39.0 Å². The first-order valence-corrected chi connectivity index (χ1v) is 9.58. The molecule has 0 amide bonds. The summed E-state index contributed by atoms with van der Waals surface area (Å²) in [4.78, 5) is 4.77. The molecule has 1 aromatic heterocycles. The summed E-state index contributed by atoms with van der Waals surface area (Å²) >= 11 is 0. The number of halogens is 1. The van der Waals surface area contributed by atoms with Gasteiger partial charge in [-0.05, 0) is 47.0 Å². The minimum Gasteiger partial charge on any atom is -0.383 e. The van der Waals surface area contributed by atoms with Gasteiger partial charge in [-0.25, -0.2) is 9.07 Å². The Morgan fingerprint density at radius 1 is 1.11 bits per heavy atom. The third-order valence-electron chi connectivity index (χ3n) is 5.01. The molecule has 1 fully saturated rings. The molecule has 27 heavy (non-hydrogen) atoms. The summed E-state index contributed by atoms with van der Waals surface area (Å²) in [5.41, 5.74) is 1.07. The smallest absolute Gasteiger partial charge is 0.168 e. The molecule has 3 rings (SSSR count). The largest absolute Gasteiger partial charge is 0.383 e. The van der Waals surface area contributed by atoms with Gasteiger partial charge in [0.1, 0.15) is 5.82 Å². The van der Waals surface area contributed by atoms with Crippen molar-refractivity contribution < 1.29 is 9.13 Å². The summed E-state index contributed by atoms with van der Waals surface area (Å²) in [5.74, 6) is 1.26. The Bertz CT molecular complexity index is 696. The molecule has 1 unspecified atom stereocenters. The molecule has 7 nitrogen and oxygen atoms in total. The number of methoxy groups -OCH3 is 1. The fourth-order valence-electron chi connectivity index (χ4n) is 3.60. The zero-order valence-corrected chi connectivity index (χ0v) is 16.4. The normalized spacial score (nSPS) is 16.9. The average molecular weight is 376 g/mol. The Hall–Kier alpha value is -2.06. The lowest BCUT2D eigenvalue weighted by Crippen LogP contribution is -2.48. The van der Waals surface area contributed by atoms with Gasteiger partial charge in [-0.2, -0.15) is 0 Å². The summed E-state index contributed by atoms with van der Waals surface area (Å²) in [5, 5.41) is 12.4. The highest BCUT2D eigenvalue weighted by Gasteiger charge is 2.29. The van der Waals surface area contributed by atoms with E-state index in [1.807, 2.05) is 16.8 Å². The third-order valence-corrected chi connectivity index (χ3v) is 5.01. The molecule has 1 saturated heterocycles. The van der Waals surface area contributed by atoms with Crippen molar-refractivity contribution in [1.29, 1.82) is 0 Å². The van der Waals surface area contributed by atoms with Crippen LogP contribution in [-0.4, -0.2) is 65.0 Å². The van der Waals surface area contributed by atoms with Crippen molar-refractivity contribution in [2.24, 2.45) is 5.92 Å². The van der Waals surface area contributed by atoms with E-state index in [1.54, 1.807) is 7.11 Å². The minimum absolute atomic E-state index is 0.187. The van der Waals surface area contributed by atoms with E-state index in [9.17, 15) is 4.39 Å². The number of hydrogen-bond acceptors (Lipinski definition) is 6. The summed E-state index contributed by atoms with van der Waals surface area (Å²) in [6, 6.07) is 6.93. The molecular formula is C19H29FN6O. The molecule has 1 aliphatic heterocycles. The minimum atomic E-state index is -0.197.